The van der Waals surface area contributed by atoms with Crippen LogP contribution in [0.2, 0.25) is 0 Å². The van der Waals surface area contributed by atoms with E-state index in [1.807, 2.05) is 6.07 Å². The summed E-state index contributed by atoms with van der Waals surface area (Å²) in [5.41, 5.74) is 0.786. The summed E-state index contributed by atoms with van der Waals surface area (Å²) in [5.74, 6) is 0.151. The van der Waals surface area contributed by atoms with Crippen molar-refractivity contribution in [1.82, 2.24) is 9.80 Å². The Kier molecular flexibility index (Phi) is 4.61. The fourth-order valence-corrected chi connectivity index (χ4v) is 3.19. The van der Waals surface area contributed by atoms with E-state index < -0.39 is 6.10 Å². The van der Waals surface area contributed by atoms with E-state index in [4.69, 9.17) is 4.74 Å². The number of ether oxygens (including phenoxy) is 1. The van der Waals surface area contributed by atoms with E-state index >= 15 is 0 Å². The van der Waals surface area contributed by atoms with Gasteiger partial charge in [0.05, 0.1) is 31.8 Å². The van der Waals surface area contributed by atoms with Gasteiger partial charge in [0.2, 0.25) is 5.91 Å². The average Bonchev–Trinajstić information content (AvgIpc) is 2.90. The Morgan fingerprint density at radius 1 is 1.27 bits per heavy atom. The van der Waals surface area contributed by atoms with Gasteiger partial charge in [0, 0.05) is 26.2 Å². The molecule has 2 N–H and O–H groups in total. The third-order valence-corrected chi connectivity index (χ3v) is 4.39. The average molecular weight is 306 g/mol. The lowest BCUT2D eigenvalue weighted by molar-refractivity contribution is -0.129. The number of phenolic OH excluding ortho intramolecular Hbond substituents is 1. The van der Waals surface area contributed by atoms with Crippen molar-refractivity contribution >= 4 is 5.91 Å². The summed E-state index contributed by atoms with van der Waals surface area (Å²) in [6, 6.07) is 6.74. The zero-order chi connectivity index (χ0) is 15.5. The number of aromatic hydroxyl groups is 1. The Hall–Kier alpha value is -1.63. The highest BCUT2D eigenvalue weighted by molar-refractivity contribution is 5.79. The molecule has 2 aliphatic rings. The van der Waals surface area contributed by atoms with Crippen molar-refractivity contribution in [3.63, 3.8) is 0 Å². The Bertz CT molecular complexity index is 531. The molecule has 120 valence electrons. The standard InChI is InChI=1S/C16H22N2O4/c19-13-3-1-2-12(8-13)9-16(21)18-10-14(15(20)11-18)17-4-6-22-7-5-17/h1-3,8,14-15,19-20H,4-7,9-11H2/t14-,15-/m0/s1. The molecule has 2 aliphatic heterocycles. The van der Waals surface area contributed by atoms with Gasteiger partial charge >= 0.3 is 0 Å². The molecule has 6 nitrogen and oxygen atoms in total. The number of aliphatic hydroxyl groups is 1. The SMILES string of the molecule is O=C(Cc1cccc(O)c1)N1C[C@H](O)[C@@H](N2CCOCC2)C1. The molecule has 0 radical (unpaired) electrons. The van der Waals surface area contributed by atoms with E-state index in [0.717, 1.165) is 18.7 Å². The minimum Gasteiger partial charge on any atom is -0.508 e. The number of rotatable bonds is 3. The number of aliphatic hydroxyl groups excluding tert-OH is 1. The second kappa shape index (κ2) is 6.64. The quantitative estimate of drug-likeness (QED) is 0.812. The van der Waals surface area contributed by atoms with Crippen LogP contribution in [0.4, 0.5) is 0 Å². The molecule has 3 rings (SSSR count). The minimum absolute atomic E-state index is 0.00275. The van der Waals surface area contributed by atoms with Gasteiger partial charge in [0.15, 0.2) is 0 Å². The molecule has 1 amide bonds. The molecule has 0 bridgehead atoms. The van der Waals surface area contributed by atoms with Gasteiger partial charge in [-0.3, -0.25) is 9.69 Å². The van der Waals surface area contributed by atoms with Gasteiger partial charge in [-0.25, -0.2) is 0 Å². The van der Waals surface area contributed by atoms with Gasteiger partial charge in [0.1, 0.15) is 5.75 Å². The van der Waals surface area contributed by atoms with Crippen molar-refractivity contribution in [2.45, 2.75) is 18.6 Å². The molecular weight excluding hydrogens is 284 g/mol. The van der Waals surface area contributed by atoms with E-state index in [1.54, 1.807) is 23.1 Å². The maximum absolute atomic E-state index is 12.4. The van der Waals surface area contributed by atoms with Crippen LogP contribution in [0.15, 0.2) is 24.3 Å². The number of morpholine rings is 1. The first-order valence-corrected chi connectivity index (χ1v) is 7.69. The van der Waals surface area contributed by atoms with Gasteiger partial charge in [0.25, 0.3) is 0 Å². The van der Waals surface area contributed by atoms with Crippen LogP contribution in [0.5, 0.6) is 5.75 Å². The summed E-state index contributed by atoms with van der Waals surface area (Å²) < 4.78 is 5.33. The summed E-state index contributed by atoms with van der Waals surface area (Å²) in [6.07, 6.45) is -0.261. The van der Waals surface area contributed by atoms with E-state index in [-0.39, 0.29) is 24.1 Å². The molecule has 2 atom stereocenters. The lowest BCUT2D eigenvalue weighted by atomic mass is 10.1. The fourth-order valence-electron chi connectivity index (χ4n) is 3.19. The van der Waals surface area contributed by atoms with Gasteiger partial charge in [-0.1, -0.05) is 12.1 Å². The van der Waals surface area contributed by atoms with Crippen molar-refractivity contribution in [1.29, 1.82) is 0 Å². The Morgan fingerprint density at radius 3 is 2.77 bits per heavy atom. The van der Waals surface area contributed by atoms with E-state index in [9.17, 15) is 15.0 Å². The molecule has 0 aromatic heterocycles. The Labute approximate surface area is 129 Å². The summed E-state index contributed by atoms with van der Waals surface area (Å²) in [7, 11) is 0. The maximum Gasteiger partial charge on any atom is 0.227 e. The predicted molar refractivity (Wildman–Crippen MR) is 80.6 cm³/mol. The molecule has 1 aromatic rings. The number of carbonyl (C=O) groups is 1. The number of carbonyl (C=O) groups excluding carboxylic acids is 1. The third-order valence-electron chi connectivity index (χ3n) is 4.39. The molecule has 2 heterocycles. The monoisotopic (exact) mass is 306 g/mol. The number of likely N-dealkylation sites (tertiary alicyclic amines) is 1. The van der Waals surface area contributed by atoms with Crippen molar-refractivity contribution in [2.24, 2.45) is 0 Å². The first kappa shape index (κ1) is 15.3. The highest BCUT2D eigenvalue weighted by Gasteiger charge is 2.37. The molecule has 22 heavy (non-hydrogen) atoms. The molecule has 6 heteroatoms. The first-order chi connectivity index (χ1) is 10.6. The van der Waals surface area contributed by atoms with Gasteiger partial charge in [-0.15, -0.1) is 0 Å². The number of β-amino-alcohol motifs (C(OH)–C–C–N with tert-alkyl or cyclic N) is 1. The van der Waals surface area contributed by atoms with Crippen molar-refractivity contribution in [3.05, 3.63) is 29.8 Å². The van der Waals surface area contributed by atoms with Gasteiger partial charge < -0.3 is 19.8 Å². The summed E-state index contributed by atoms with van der Waals surface area (Å²) in [4.78, 5) is 16.3. The van der Waals surface area contributed by atoms with E-state index in [2.05, 4.69) is 4.90 Å². The summed E-state index contributed by atoms with van der Waals surface area (Å²) >= 11 is 0. The Balaban J connectivity index is 1.59. The molecule has 1 aromatic carbocycles. The first-order valence-electron chi connectivity index (χ1n) is 7.69. The fraction of sp³-hybridized carbons (Fsp3) is 0.562. The van der Waals surface area contributed by atoms with Gasteiger partial charge in [-0.2, -0.15) is 0 Å². The number of amides is 1. The molecule has 0 spiro atoms. The van der Waals surface area contributed by atoms with Crippen LogP contribution in [0.1, 0.15) is 5.56 Å². The van der Waals surface area contributed by atoms with E-state index in [0.29, 0.717) is 26.3 Å². The smallest absolute Gasteiger partial charge is 0.227 e. The number of hydrogen-bond donors (Lipinski definition) is 2. The zero-order valence-corrected chi connectivity index (χ0v) is 12.5. The van der Waals surface area contributed by atoms with Crippen LogP contribution >= 0.6 is 0 Å². The minimum atomic E-state index is -0.508. The number of hydrogen-bond acceptors (Lipinski definition) is 5. The van der Waals surface area contributed by atoms with Crippen LogP contribution < -0.4 is 0 Å². The number of phenols is 1. The number of nitrogens with zero attached hydrogens (tertiary/aromatic N) is 2. The highest BCUT2D eigenvalue weighted by Crippen LogP contribution is 2.19. The highest BCUT2D eigenvalue weighted by atomic mass is 16.5. The van der Waals surface area contributed by atoms with Crippen LogP contribution in [0.25, 0.3) is 0 Å². The summed E-state index contributed by atoms with van der Waals surface area (Å²) in [6.45, 7) is 3.89. The lowest BCUT2D eigenvalue weighted by Gasteiger charge is -2.33. The Morgan fingerprint density at radius 2 is 2.05 bits per heavy atom. The number of benzene rings is 1. The molecule has 2 saturated heterocycles. The molecule has 0 aliphatic carbocycles. The van der Waals surface area contributed by atoms with Crippen molar-refractivity contribution in [3.8, 4) is 5.75 Å². The molecular formula is C16H22N2O4. The summed E-state index contributed by atoms with van der Waals surface area (Å²) in [5, 5.41) is 19.7. The zero-order valence-electron chi connectivity index (χ0n) is 12.5. The predicted octanol–water partition coefficient (Wildman–Crippen LogP) is -0.161. The van der Waals surface area contributed by atoms with Crippen LogP contribution in [-0.2, 0) is 16.0 Å². The van der Waals surface area contributed by atoms with Crippen LogP contribution in [0.3, 0.4) is 0 Å². The molecule has 0 saturated carbocycles. The van der Waals surface area contributed by atoms with Crippen LogP contribution in [0, 0.1) is 0 Å². The lowest BCUT2D eigenvalue weighted by Crippen LogP contribution is -2.49. The molecule has 2 fully saturated rings. The van der Waals surface area contributed by atoms with Crippen molar-refractivity contribution in [2.75, 3.05) is 39.4 Å². The third kappa shape index (κ3) is 3.40. The largest absolute Gasteiger partial charge is 0.508 e. The van der Waals surface area contributed by atoms with E-state index in [1.165, 1.54) is 0 Å². The van der Waals surface area contributed by atoms with Crippen LogP contribution in [-0.4, -0.2) is 77.5 Å². The maximum atomic E-state index is 12.4. The van der Waals surface area contributed by atoms with Crippen molar-refractivity contribution < 1.29 is 19.7 Å². The topological polar surface area (TPSA) is 73.2 Å². The second-order valence-corrected chi connectivity index (χ2v) is 5.93. The molecule has 0 unspecified atom stereocenters. The normalized spacial score (nSPS) is 26.3. The second-order valence-electron chi connectivity index (χ2n) is 5.93. The van der Waals surface area contributed by atoms with Gasteiger partial charge in [-0.05, 0) is 17.7 Å².